The molecular weight excluding hydrogens is 260 g/mol. The third-order valence-electron chi connectivity index (χ3n) is 2.51. The lowest BCUT2D eigenvalue weighted by molar-refractivity contribution is -0.118. The molecule has 1 aromatic carbocycles. The average Bonchev–Trinajstić information content (AvgIpc) is 2.80. The van der Waals surface area contributed by atoms with E-state index in [-0.39, 0.29) is 17.9 Å². The molecule has 2 aromatic rings. The van der Waals surface area contributed by atoms with E-state index in [1.54, 1.807) is 12.2 Å². The van der Waals surface area contributed by atoms with Gasteiger partial charge in [-0.15, -0.1) is 5.10 Å². The Kier molecular flexibility index (Phi) is 3.90. The SMILES string of the molecule is NC(=O)Cn1nnc(C(=O)O)c1/C=C/c1ccccc1. The molecular formula is C13H12N4O3. The minimum atomic E-state index is -1.21. The van der Waals surface area contributed by atoms with Crippen LogP contribution in [0.2, 0.25) is 0 Å². The fraction of sp³-hybridized carbons (Fsp3) is 0.0769. The summed E-state index contributed by atoms with van der Waals surface area (Å²) in [6.07, 6.45) is 3.25. The highest BCUT2D eigenvalue weighted by atomic mass is 16.4. The molecule has 0 aliphatic rings. The van der Waals surface area contributed by atoms with E-state index in [0.717, 1.165) is 10.2 Å². The van der Waals surface area contributed by atoms with Crippen LogP contribution in [0.15, 0.2) is 30.3 Å². The van der Waals surface area contributed by atoms with Gasteiger partial charge in [-0.2, -0.15) is 0 Å². The van der Waals surface area contributed by atoms with Crippen LogP contribution in [0.5, 0.6) is 0 Å². The molecule has 7 nitrogen and oxygen atoms in total. The maximum Gasteiger partial charge on any atom is 0.358 e. The third kappa shape index (κ3) is 3.08. The van der Waals surface area contributed by atoms with Gasteiger partial charge in [0.2, 0.25) is 5.91 Å². The molecule has 7 heteroatoms. The van der Waals surface area contributed by atoms with Crippen LogP contribution in [0, 0.1) is 0 Å². The Balaban J connectivity index is 2.37. The zero-order valence-corrected chi connectivity index (χ0v) is 10.4. The van der Waals surface area contributed by atoms with Crippen LogP contribution in [0.25, 0.3) is 12.2 Å². The van der Waals surface area contributed by atoms with Crippen molar-refractivity contribution in [3.8, 4) is 0 Å². The second-order valence-electron chi connectivity index (χ2n) is 4.00. The number of aromatic carboxylic acids is 1. The predicted octanol–water partition coefficient (Wildman–Crippen LogP) is 0.632. The zero-order valence-electron chi connectivity index (χ0n) is 10.4. The number of rotatable bonds is 5. The van der Waals surface area contributed by atoms with Crippen LogP contribution in [0.3, 0.4) is 0 Å². The quantitative estimate of drug-likeness (QED) is 0.829. The van der Waals surface area contributed by atoms with E-state index in [9.17, 15) is 9.59 Å². The fourth-order valence-corrected chi connectivity index (χ4v) is 1.64. The minimum Gasteiger partial charge on any atom is -0.476 e. The van der Waals surface area contributed by atoms with Gasteiger partial charge in [0.05, 0.1) is 5.69 Å². The normalized spacial score (nSPS) is 10.8. The molecule has 102 valence electrons. The van der Waals surface area contributed by atoms with E-state index >= 15 is 0 Å². The number of nitrogens with two attached hydrogens (primary N) is 1. The number of primary amides is 1. The number of carboxylic acids is 1. The maximum atomic E-state index is 11.1. The monoisotopic (exact) mass is 272 g/mol. The number of hydrogen-bond acceptors (Lipinski definition) is 4. The number of carbonyl (C=O) groups excluding carboxylic acids is 1. The summed E-state index contributed by atoms with van der Waals surface area (Å²) in [5.74, 6) is -1.84. The molecule has 0 saturated carbocycles. The Bertz CT molecular complexity index is 662. The number of benzene rings is 1. The summed E-state index contributed by atoms with van der Waals surface area (Å²) in [7, 11) is 0. The molecule has 0 spiro atoms. The molecule has 0 bridgehead atoms. The van der Waals surface area contributed by atoms with Crippen LogP contribution in [-0.4, -0.2) is 32.0 Å². The Morgan fingerprint density at radius 3 is 2.55 bits per heavy atom. The standard InChI is InChI=1S/C13H12N4O3/c14-11(18)8-17-10(12(13(19)20)15-16-17)7-6-9-4-2-1-3-5-9/h1-7H,8H2,(H2,14,18)(H,19,20)/b7-6+. The van der Waals surface area contributed by atoms with Gasteiger partial charge >= 0.3 is 5.97 Å². The first kappa shape index (κ1) is 13.5. The second-order valence-corrected chi connectivity index (χ2v) is 4.00. The average molecular weight is 272 g/mol. The highest BCUT2D eigenvalue weighted by Gasteiger charge is 2.17. The van der Waals surface area contributed by atoms with Crippen LogP contribution >= 0.6 is 0 Å². The largest absolute Gasteiger partial charge is 0.476 e. The molecule has 0 unspecified atom stereocenters. The zero-order chi connectivity index (χ0) is 14.5. The molecule has 1 amide bonds. The van der Waals surface area contributed by atoms with E-state index in [2.05, 4.69) is 10.3 Å². The molecule has 1 aromatic heterocycles. The summed E-state index contributed by atoms with van der Waals surface area (Å²) >= 11 is 0. The summed E-state index contributed by atoms with van der Waals surface area (Å²) in [5.41, 5.74) is 5.97. The predicted molar refractivity (Wildman–Crippen MR) is 71.5 cm³/mol. The van der Waals surface area contributed by atoms with Gasteiger partial charge in [-0.05, 0) is 11.6 Å². The summed E-state index contributed by atoms with van der Waals surface area (Å²) in [6, 6.07) is 9.31. The summed E-state index contributed by atoms with van der Waals surface area (Å²) < 4.78 is 1.16. The van der Waals surface area contributed by atoms with Gasteiger partial charge in [0.25, 0.3) is 0 Å². The Morgan fingerprint density at radius 2 is 1.95 bits per heavy atom. The van der Waals surface area contributed by atoms with Gasteiger partial charge in [-0.1, -0.05) is 41.6 Å². The number of nitrogens with zero attached hydrogens (tertiary/aromatic N) is 3. The molecule has 0 aliphatic carbocycles. The smallest absolute Gasteiger partial charge is 0.358 e. The van der Waals surface area contributed by atoms with E-state index in [1.165, 1.54) is 0 Å². The Morgan fingerprint density at radius 1 is 1.25 bits per heavy atom. The van der Waals surface area contributed by atoms with E-state index in [1.807, 2.05) is 30.3 Å². The lowest BCUT2D eigenvalue weighted by Gasteiger charge is -2.00. The summed E-state index contributed by atoms with van der Waals surface area (Å²) in [6.45, 7) is -0.227. The molecule has 0 atom stereocenters. The van der Waals surface area contributed by atoms with Crippen LogP contribution < -0.4 is 5.73 Å². The lowest BCUT2D eigenvalue weighted by atomic mass is 10.2. The first-order chi connectivity index (χ1) is 9.58. The van der Waals surface area contributed by atoms with Crippen LogP contribution in [0.1, 0.15) is 21.7 Å². The molecule has 2 rings (SSSR count). The van der Waals surface area contributed by atoms with Crippen molar-refractivity contribution in [2.45, 2.75) is 6.54 Å². The number of aromatic nitrogens is 3. The first-order valence-electron chi connectivity index (χ1n) is 5.76. The Hall–Kier alpha value is -2.96. The van der Waals surface area contributed by atoms with Crippen molar-refractivity contribution in [1.29, 1.82) is 0 Å². The maximum absolute atomic E-state index is 11.1. The van der Waals surface area contributed by atoms with Crippen molar-refractivity contribution < 1.29 is 14.7 Å². The number of amides is 1. The minimum absolute atomic E-state index is 0.222. The molecule has 1 heterocycles. The molecule has 0 fully saturated rings. The Labute approximate surface area is 114 Å². The van der Waals surface area contributed by atoms with Crippen molar-refractivity contribution in [1.82, 2.24) is 15.0 Å². The van der Waals surface area contributed by atoms with Crippen molar-refractivity contribution >= 4 is 24.0 Å². The lowest BCUT2D eigenvalue weighted by Crippen LogP contribution is -2.20. The van der Waals surface area contributed by atoms with E-state index in [4.69, 9.17) is 10.8 Å². The van der Waals surface area contributed by atoms with Crippen molar-refractivity contribution in [3.63, 3.8) is 0 Å². The van der Waals surface area contributed by atoms with Gasteiger partial charge in [-0.3, -0.25) is 4.79 Å². The summed E-state index contributed by atoms with van der Waals surface area (Å²) in [4.78, 5) is 22.0. The van der Waals surface area contributed by atoms with E-state index < -0.39 is 11.9 Å². The van der Waals surface area contributed by atoms with E-state index in [0.29, 0.717) is 0 Å². The van der Waals surface area contributed by atoms with Gasteiger partial charge in [0, 0.05) is 0 Å². The molecule has 0 aliphatic heterocycles. The van der Waals surface area contributed by atoms with Crippen molar-refractivity contribution in [2.75, 3.05) is 0 Å². The second kappa shape index (κ2) is 5.79. The number of carbonyl (C=O) groups is 2. The van der Waals surface area contributed by atoms with Crippen molar-refractivity contribution in [2.24, 2.45) is 5.73 Å². The van der Waals surface area contributed by atoms with Gasteiger partial charge in [0.1, 0.15) is 6.54 Å². The molecule has 0 saturated heterocycles. The van der Waals surface area contributed by atoms with Crippen molar-refractivity contribution in [3.05, 3.63) is 47.3 Å². The third-order valence-corrected chi connectivity index (χ3v) is 2.51. The molecule has 0 radical (unpaired) electrons. The molecule has 20 heavy (non-hydrogen) atoms. The number of hydrogen-bond donors (Lipinski definition) is 2. The highest BCUT2D eigenvalue weighted by molar-refractivity contribution is 5.90. The highest BCUT2D eigenvalue weighted by Crippen LogP contribution is 2.11. The fourth-order valence-electron chi connectivity index (χ4n) is 1.64. The first-order valence-corrected chi connectivity index (χ1v) is 5.76. The number of carboxylic acid groups (broad SMARTS) is 1. The van der Waals surface area contributed by atoms with Crippen LogP contribution in [-0.2, 0) is 11.3 Å². The van der Waals surface area contributed by atoms with Gasteiger partial charge in [0.15, 0.2) is 5.69 Å². The van der Waals surface area contributed by atoms with Gasteiger partial charge in [-0.25, -0.2) is 9.48 Å². The van der Waals surface area contributed by atoms with Crippen LogP contribution in [0.4, 0.5) is 0 Å². The topological polar surface area (TPSA) is 111 Å². The summed E-state index contributed by atoms with van der Waals surface area (Å²) in [5, 5.41) is 16.2. The molecule has 3 N–H and O–H groups in total. The van der Waals surface area contributed by atoms with Gasteiger partial charge < -0.3 is 10.8 Å².